The second kappa shape index (κ2) is 10.1. The number of carbonyl (C=O) groups is 2. The first-order valence-electron chi connectivity index (χ1n) is 7.23. The van der Waals surface area contributed by atoms with Crippen molar-refractivity contribution in [3.05, 3.63) is 48.0 Å². The maximum absolute atomic E-state index is 11.5. The van der Waals surface area contributed by atoms with Crippen molar-refractivity contribution in [3.63, 3.8) is 0 Å². The average molecular weight is 322 g/mol. The van der Waals surface area contributed by atoms with E-state index in [-0.39, 0.29) is 24.9 Å². The molecule has 0 bridgehead atoms. The van der Waals surface area contributed by atoms with E-state index in [0.29, 0.717) is 30.9 Å². The third kappa shape index (κ3) is 8.35. The Morgan fingerprint density at radius 3 is 2.61 bits per heavy atom. The zero-order valence-electron chi connectivity index (χ0n) is 13.1. The Hall–Kier alpha value is -2.70. The van der Waals surface area contributed by atoms with Gasteiger partial charge in [-0.1, -0.05) is 6.58 Å². The molecule has 0 aromatic carbocycles. The zero-order chi connectivity index (χ0) is 17.1. The van der Waals surface area contributed by atoms with Crippen LogP contribution in [0.3, 0.4) is 0 Å². The van der Waals surface area contributed by atoms with Gasteiger partial charge in [0.05, 0.1) is 13.1 Å². The second-order valence-electron chi connectivity index (χ2n) is 4.75. The highest BCUT2D eigenvalue weighted by Crippen LogP contribution is 2.09. The number of esters is 1. The normalized spacial score (nSPS) is 13.3. The maximum atomic E-state index is 11.5. The van der Waals surface area contributed by atoms with Gasteiger partial charge in [0.2, 0.25) is 0 Å². The molecule has 0 radical (unpaired) electrons. The summed E-state index contributed by atoms with van der Waals surface area (Å²) in [4.78, 5) is 22.6. The summed E-state index contributed by atoms with van der Waals surface area (Å²) in [5, 5.41) is 14.5. The van der Waals surface area contributed by atoms with E-state index in [4.69, 9.17) is 9.47 Å². The van der Waals surface area contributed by atoms with Crippen LogP contribution in [0.15, 0.2) is 48.0 Å². The summed E-state index contributed by atoms with van der Waals surface area (Å²) in [6.45, 7) is 5.93. The fourth-order valence-electron chi connectivity index (χ4n) is 1.53. The molecule has 1 aliphatic rings. The van der Waals surface area contributed by atoms with E-state index in [0.717, 1.165) is 0 Å². The van der Waals surface area contributed by atoms with Gasteiger partial charge in [0.25, 0.3) is 0 Å². The van der Waals surface area contributed by atoms with Gasteiger partial charge in [-0.25, -0.2) is 9.59 Å². The lowest BCUT2D eigenvalue weighted by molar-refractivity contribution is -0.138. The van der Waals surface area contributed by atoms with Gasteiger partial charge in [0.1, 0.15) is 24.7 Å². The Morgan fingerprint density at radius 2 is 1.91 bits per heavy atom. The number of rotatable bonds is 8. The molecule has 0 heterocycles. The molecule has 0 aromatic heterocycles. The number of aliphatic hydroxyl groups excluding tert-OH is 1. The fraction of sp³-hybridized carbons (Fsp3) is 0.375. The molecule has 0 atom stereocenters. The number of urea groups is 1. The Bertz CT molecular complexity index is 535. The standard InChI is InChI=1S/C16H22N2O5/c1-12(2)15(20)23-11-9-18-16(21)17-8-10-22-14-5-3-4-13(19)6-7-14/h4-7,19H,1,3,8-11H2,2H3,(H2,17,18,21). The Kier molecular flexibility index (Phi) is 8.06. The molecular weight excluding hydrogens is 300 g/mol. The fourth-order valence-corrected chi connectivity index (χ4v) is 1.53. The molecule has 7 heteroatoms. The van der Waals surface area contributed by atoms with Gasteiger partial charge in [0.15, 0.2) is 0 Å². The molecule has 126 valence electrons. The third-order valence-corrected chi connectivity index (χ3v) is 2.69. The molecule has 1 aliphatic carbocycles. The highest BCUT2D eigenvalue weighted by atomic mass is 16.5. The van der Waals surface area contributed by atoms with Crippen molar-refractivity contribution in [1.82, 2.24) is 10.6 Å². The van der Waals surface area contributed by atoms with Crippen LogP contribution in [0.25, 0.3) is 0 Å². The van der Waals surface area contributed by atoms with Crippen molar-refractivity contribution in [2.24, 2.45) is 0 Å². The highest BCUT2D eigenvalue weighted by Gasteiger charge is 2.04. The molecule has 0 aliphatic heterocycles. The molecule has 7 nitrogen and oxygen atoms in total. The lowest BCUT2D eigenvalue weighted by Crippen LogP contribution is -2.39. The van der Waals surface area contributed by atoms with E-state index in [1.807, 2.05) is 6.08 Å². The first-order chi connectivity index (χ1) is 11.0. The lowest BCUT2D eigenvalue weighted by atomic mass is 10.3. The van der Waals surface area contributed by atoms with Gasteiger partial charge in [-0.2, -0.15) is 0 Å². The molecule has 0 saturated heterocycles. The number of hydrogen-bond donors (Lipinski definition) is 3. The second-order valence-corrected chi connectivity index (χ2v) is 4.75. The van der Waals surface area contributed by atoms with Crippen LogP contribution in [0.4, 0.5) is 4.79 Å². The summed E-state index contributed by atoms with van der Waals surface area (Å²) in [5.41, 5.74) is 0.317. The zero-order valence-corrected chi connectivity index (χ0v) is 13.1. The number of amides is 2. The molecule has 0 unspecified atom stereocenters. The van der Waals surface area contributed by atoms with Crippen molar-refractivity contribution < 1.29 is 24.2 Å². The predicted octanol–water partition coefficient (Wildman–Crippen LogP) is 1.71. The van der Waals surface area contributed by atoms with Gasteiger partial charge < -0.3 is 25.2 Å². The quantitative estimate of drug-likeness (QED) is 0.359. The molecule has 3 N–H and O–H groups in total. The van der Waals surface area contributed by atoms with E-state index in [9.17, 15) is 14.7 Å². The van der Waals surface area contributed by atoms with Crippen LogP contribution in [-0.2, 0) is 14.3 Å². The van der Waals surface area contributed by atoms with Crippen LogP contribution in [0.5, 0.6) is 0 Å². The van der Waals surface area contributed by atoms with Gasteiger partial charge in [0, 0.05) is 5.57 Å². The van der Waals surface area contributed by atoms with E-state index in [1.54, 1.807) is 25.2 Å². The highest BCUT2D eigenvalue weighted by molar-refractivity contribution is 5.86. The molecule has 0 spiro atoms. The molecule has 2 amide bonds. The number of hydrogen-bond acceptors (Lipinski definition) is 5. The minimum absolute atomic E-state index is 0.0871. The number of ether oxygens (including phenoxy) is 2. The summed E-state index contributed by atoms with van der Waals surface area (Å²) in [6.07, 6.45) is 7.29. The van der Waals surface area contributed by atoms with Gasteiger partial charge >= 0.3 is 12.0 Å². The SMILES string of the molecule is C=C(C)C(=O)OCCNC(=O)NCCOC1=CCC=C(O)C=C1. The Morgan fingerprint density at radius 1 is 1.22 bits per heavy atom. The molecule has 0 aromatic rings. The maximum Gasteiger partial charge on any atom is 0.333 e. The van der Waals surface area contributed by atoms with Gasteiger partial charge in [-0.05, 0) is 37.6 Å². The number of carbonyl (C=O) groups excluding carboxylic acids is 2. The van der Waals surface area contributed by atoms with Crippen molar-refractivity contribution in [2.45, 2.75) is 13.3 Å². The van der Waals surface area contributed by atoms with E-state index in [1.165, 1.54) is 0 Å². The minimum Gasteiger partial charge on any atom is -0.508 e. The molecular formula is C16H22N2O5. The van der Waals surface area contributed by atoms with Crippen molar-refractivity contribution >= 4 is 12.0 Å². The summed E-state index contributed by atoms with van der Waals surface area (Å²) in [6, 6.07) is -0.371. The lowest BCUT2D eigenvalue weighted by Gasteiger charge is -2.09. The number of allylic oxidation sites excluding steroid dienone is 4. The Balaban J connectivity index is 2.06. The smallest absolute Gasteiger partial charge is 0.333 e. The summed E-state index contributed by atoms with van der Waals surface area (Å²) in [7, 11) is 0. The van der Waals surface area contributed by atoms with Crippen molar-refractivity contribution in [1.29, 1.82) is 0 Å². The molecule has 0 fully saturated rings. The average Bonchev–Trinajstić information content (AvgIpc) is 2.72. The van der Waals surface area contributed by atoms with E-state index >= 15 is 0 Å². The number of aliphatic hydroxyl groups is 1. The first kappa shape index (κ1) is 18.3. The van der Waals surface area contributed by atoms with Crippen LogP contribution in [-0.4, -0.2) is 43.4 Å². The van der Waals surface area contributed by atoms with Crippen molar-refractivity contribution in [3.8, 4) is 0 Å². The van der Waals surface area contributed by atoms with Crippen LogP contribution in [0.2, 0.25) is 0 Å². The third-order valence-electron chi connectivity index (χ3n) is 2.69. The topological polar surface area (TPSA) is 96.9 Å². The van der Waals surface area contributed by atoms with Crippen LogP contribution < -0.4 is 10.6 Å². The Labute approximate surface area is 135 Å². The van der Waals surface area contributed by atoms with Crippen molar-refractivity contribution in [2.75, 3.05) is 26.3 Å². The summed E-state index contributed by atoms with van der Waals surface area (Å²) >= 11 is 0. The van der Waals surface area contributed by atoms with Crippen LogP contribution >= 0.6 is 0 Å². The summed E-state index contributed by atoms with van der Waals surface area (Å²) < 4.78 is 10.3. The number of nitrogens with one attached hydrogen (secondary N) is 2. The van der Waals surface area contributed by atoms with Crippen LogP contribution in [0.1, 0.15) is 13.3 Å². The molecule has 0 saturated carbocycles. The largest absolute Gasteiger partial charge is 0.508 e. The van der Waals surface area contributed by atoms with E-state index in [2.05, 4.69) is 17.2 Å². The minimum atomic E-state index is -0.481. The monoisotopic (exact) mass is 322 g/mol. The summed E-state index contributed by atoms with van der Waals surface area (Å²) in [5.74, 6) is 0.356. The van der Waals surface area contributed by atoms with Gasteiger partial charge in [-0.15, -0.1) is 0 Å². The van der Waals surface area contributed by atoms with Gasteiger partial charge in [-0.3, -0.25) is 0 Å². The predicted molar refractivity (Wildman–Crippen MR) is 85.7 cm³/mol. The molecule has 1 rings (SSSR count). The van der Waals surface area contributed by atoms with Crippen LogP contribution in [0, 0.1) is 0 Å². The molecule has 23 heavy (non-hydrogen) atoms. The first-order valence-corrected chi connectivity index (χ1v) is 7.23. The van der Waals surface area contributed by atoms with E-state index < -0.39 is 5.97 Å².